The molecule has 104 valence electrons. The molecular formula is C14H15N3O3. The molecular weight excluding hydrogens is 258 g/mol. The van der Waals surface area contributed by atoms with Crippen molar-refractivity contribution in [2.24, 2.45) is 5.73 Å². The summed E-state index contributed by atoms with van der Waals surface area (Å²) in [5.74, 6) is 0.552. The maximum absolute atomic E-state index is 10.9. The van der Waals surface area contributed by atoms with Crippen LogP contribution in [-0.2, 0) is 13.2 Å². The highest BCUT2D eigenvalue weighted by Gasteiger charge is 2.13. The molecule has 1 aromatic heterocycles. The van der Waals surface area contributed by atoms with Crippen molar-refractivity contribution in [1.29, 1.82) is 0 Å². The molecule has 2 rings (SSSR count). The van der Waals surface area contributed by atoms with Crippen LogP contribution in [0.15, 0.2) is 36.4 Å². The van der Waals surface area contributed by atoms with Gasteiger partial charge in [-0.1, -0.05) is 12.1 Å². The number of nitrogens with zero attached hydrogens (tertiary/aromatic N) is 2. The van der Waals surface area contributed by atoms with Crippen molar-refractivity contribution in [3.05, 3.63) is 63.5 Å². The number of aromatic nitrogens is 1. The number of hydrogen-bond acceptors (Lipinski definition) is 5. The second kappa shape index (κ2) is 6.12. The van der Waals surface area contributed by atoms with E-state index in [9.17, 15) is 10.1 Å². The van der Waals surface area contributed by atoms with Gasteiger partial charge in [0.25, 0.3) is 5.69 Å². The van der Waals surface area contributed by atoms with Gasteiger partial charge in [-0.25, -0.2) is 0 Å². The van der Waals surface area contributed by atoms with Crippen LogP contribution in [0.3, 0.4) is 0 Å². The van der Waals surface area contributed by atoms with Gasteiger partial charge in [0.1, 0.15) is 12.4 Å². The third kappa shape index (κ3) is 3.10. The average molecular weight is 273 g/mol. The van der Waals surface area contributed by atoms with Crippen LogP contribution in [0.5, 0.6) is 5.75 Å². The van der Waals surface area contributed by atoms with Gasteiger partial charge in [-0.05, 0) is 25.1 Å². The number of aryl methyl sites for hydroxylation is 1. The first-order chi connectivity index (χ1) is 9.61. The number of nitro groups is 1. The van der Waals surface area contributed by atoms with E-state index in [2.05, 4.69) is 4.98 Å². The molecule has 6 nitrogen and oxygen atoms in total. The van der Waals surface area contributed by atoms with Gasteiger partial charge in [0.05, 0.1) is 16.2 Å². The first-order valence-electron chi connectivity index (χ1n) is 6.13. The number of benzene rings is 1. The summed E-state index contributed by atoms with van der Waals surface area (Å²) < 4.78 is 5.61. The fourth-order valence-electron chi connectivity index (χ4n) is 1.84. The minimum atomic E-state index is -0.421. The SMILES string of the molecule is Cc1ccc(OCc2ccccc2[N+](=O)[O-])c(CN)n1. The summed E-state index contributed by atoms with van der Waals surface area (Å²) in [5, 5.41) is 10.9. The Kier molecular flexibility index (Phi) is 4.27. The molecule has 0 amide bonds. The lowest BCUT2D eigenvalue weighted by atomic mass is 10.2. The summed E-state index contributed by atoms with van der Waals surface area (Å²) in [7, 11) is 0. The van der Waals surface area contributed by atoms with Crippen LogP contribution < -0.4 is 10.5 Å². The van der Waals surface area contributed by atoms with Crippen LogP contribution in [-0.4, -0.2) is 9.91 Å². The highest BCUT2D eigenvalue weighted by Crippen LogP contribution is 2.22. The molecule has 2 aromatic rings. The fourth-order valence-corrected chi connectivity index (χ4v) is 1.84. The van der Waals surface area contributed by atoms with Crippen molar-refractivity contribution >= 4 is 5.69 Å². The Labute approximate surface area is 116 Å². The van der Waals surface area contributed by atoms with Crippen molar-refractivity contribution in [2.45, 2.75) is 20.1 Å². The van der Waals surface area contributed by atoms with Gasteiger partial charge >= 0.3 is 0 Å². The van der Waals surface area contributed by atoms with E-state index in [4.69, 9.17) is 10.5 Å². The van der Waals surface area contributed by atoms with Crippen LogP contribution in [0.2, 0.25) is 0 Å². The first-order valence-corrected chi connectivity index (χ1v) is 6.13. The standard InChI is InChI=1S/C14H15N3O3/c1-10-6-7-14(12(8-15)16-10)20-9-11-4-2-3-5-13(11)17(18)19/h2-7H,8-9,15H2,1H3. The van der Waals surface area contributed by atoms with Gasteiger partial charge in [0.15, 0.2) is 0 Å². The predicted molar refractivity (Wildman–Crippen MR) is 74.3 cm³/mol. The first kappa shape index (κ1) is 14.0. The van der Waals surface area contributed by atoms with E-state index in [0.717, 1.165) is 5.69 Å². The van der Waals surface area contributed by atoms with Crippen LogP contribution >= 0.6 is 0 Å². The number of rotatable bonds is 5. The molecule has 0 fully saturated rings. The molecule has 0 spiro atoms. The van der Waals surface area contributed by atoms with E-state index in [1.54, 1.807) is 24.3 Å². The molecule has 0 atom stereocenters. The third-order valence-electron chi connectivity index (χ3n) is 2.84. The van der Waals surface area contributed by atoms with Crippen molar-refractivity contribution in [1.82, 2.24) is 4.98 Å². The molecule has 0 aliphatic heterocycles. The summed E-state index contributed by atoms with van der Waals surface area (Å²) in [4.78, 5) is 14.8. The highest BCUT2D eigenvalue weighted by molar-refractivity contribution is 5.40. The second-order valence-electron chi connectivity index (χ2n) is 4.28. The highest BCUT2D eigenvalue weighted by atomic mass is 16.6. The van der Waals surface area contributed by atoms with E-state index < -0.39 is 4.92 Å². The summed E-state index contributed by atoms with van der Waals surface area (Å²) in [5.41, 5.74) is 7.67. The number of nitro benzene ring substituents is 1. The Balaban J connectivity index is 2.19. The summed E-state index contributed by atoms with van der Waals surface area (Å²) in [6.07, 6.45) is 0. The van der Waals surface area contributed by atoms with E-state index in [-0.39, 0.29) is 18.8 Å². The molecule has 0 aliphatic rings. The molecule has 0 saturated carbocycles. The van der Waals surface area contributed by atoms with Gasteiger partial charge in [-0.3, -0.25) is 15.1 Å². The van der Waals surface area contributed by atoms with E-state index in [1.165, 1.54) is 6.07 Å². The van der Waals surface area contributed by atoms with Crippen LogP contribution in [0.25, 0.3) is 0 Å². The second-order valence-corrected chi connectivity index (χ2v) is 4.28. The summed E-state index contributed by atoms with van der Waals surface area (Å²) in [6.45, 7) is 2.23. The minimum Gasteiger partial charge on any atom is -0.487 e. The largest absolute Gasteiger partial charge is 0.487 e. The molecule has 0 unspecified atom stereocenters. The molecule has 1 aromatic carbocycles. The minimum absolute atomic E-state index is 0.0434. The smallest absolute Gasteiger partial charge is 0.276 e. The number of ether oxygens (including phenoxy) is 1. The maximum Gasteiger partial charge on any atom is 0.276 e. The van der Waals surface area contributed by atoms with Crippen molar-refractivity contribution < 1.29 is 9.66 Å². The predicted octanol–water partition coefficient (Wildman–Crippen LogP) is 2.34. The molecule has 6 heteroatoms. The number of nitrogens with two attached hydrogens (primary N) is 1. The van der Waals surface area contributed by atoms with E-state index >= 15 is 0 Å². The van der Waals surface area contributed by atoms with Crippen molar-refractivity contribution in [2.75, 3.05) is 0 Å². The van der Waals surface area contributed by atoms with Gasteiger partial charge in [0.2, 0.25) is 0 Å². The fraction of sp³-hybridized carbons (Fsp3) is 0.214. The Morgan fingerprint density at radius 3 is 2.75 bits per heavy atom. The van der Waals surface area contributed by atoms with Crippen LogP contribution in [0.1, 0.15) is 17.0 Å². The van der Waals surface area contributed by atoms with Crippen LogP contribution in [0, 0.1) is 17.0 Å². The molecule has 0 radical (unpaired) electrons. The lowest BCUT2D eigenvalue weighted by Crippen LogP contribution is -2.06. The topological polar surface area (TPSA) is 91.3 Å². The van der Waals surface area contributed by atoms with E-state index in [1.807, 2.05) is 13.0 Å². The molecule has 0 saturated heterocycles. The molecule has 0 bridgehead atoms. The molecule has 2 N–H and O–H groups in total. The zero-order valence-corrected chi connectivity index (χ0v) is 11.1. The molecule has 0 aliphatic carbocycles. The Morgan fingerprint density at radius 2 is 2.05 bits per heavy atom. The quantitative estimate of drug-likeness (QED) is 0.666. The van der Waals surface area contributed by atoms with Crippen molar-refractivity contribution in [3.8, 4) is 5.75 Å². The van der Waals surface area contributed by atoms with Gasteiger partial charge in [-0.15, -0.1) is 0 Å². The Bertz CT molecular complexity index is 629. The number of hydrogen-bond donors (Lipinski definition) is 1. The summed E-state index contributed by atoms with van der Waals surface area (Å²) >= 11 is 0. The Hall–Kier alpha value is -2.47. The van der Waals surface area contributed by atoms with Gasteiger partial charge in [-0.2, -0.15) is 0 Å². The molecule has 20 heavy (non-hydrogen) atoms. The Morgan fingerprint density at radius 1 is 1.30 bits per heavy atom. The lowest BCUT2D eigenvalue weighted by Gasteiger charge is -2.10. The number of pyridine rings is 1. The summed E-state index contributed by atoms with van der Waals surface area (Å²) in [6, 6.07) is 10.1. The zero-order valence-electron chi connectivity index (χ0n) is 11.1. The third-order valence-corrected chi connectivity index (χ3v) is 2.84. The monoisotopic (exact) mass is 273 g/mol. The maximum atomic E-state index is 10.9. The zero-order chi connectivity index (χ0) is 14.5. The normalized spacial score (nSPS) is 10.3. The lowest BCUT2D eigenvalue weighted by molar-refractivity contribution is -0.385. The number of para-hydroxylation sites is 1. The van der Waals surface area contributed by atoms with Crippen LogP contribution in [0.4, 0.5) is 5.69 Å². The van der Waals surface area contributed by atoms with Gasteiger partial charge < -0.3 is 10.5 Å². The van der Waals surface area contributed by atoms with E-state index in [0.29, 0.717) is 17.0 Å². The molecule has 1 heterocycles. The average Bonchev–Trinajstić information content (AvgIpc) is 2.46. The van der Waals surface area contributed by atoms with Crippen molar-refractivity contribution in [3.63, 3.8) is 0 Å². The van der Waals surface area contributed by atoms with Gasteiger partial charge in [0, 0.05) is 18.3 Å².